The van der Waals surface area contributed by atoms with E-state index in [1.807, 2.05) is 6.92 Å². The van der Waals surface area contributed by atoms with Gasteiger partial charge in [0.2, 0.25) is 0 Å². The number of rotatable bonds is 1. The average Bonchev–Trinajstić information content (AvgIpc) is 2.62. The minimum absolute atomic E-state index is 0.0269. The summed E-state index contributed by atoms with van der Waals surface area (Å²) in [6, 6.07) is 0. The number of aliphatic carboxylic acids is 1. The third kappa shape index (κ3) is 2.61. The molecular weight excluding hydrogens is 360 g/mol. The van der Waals surface area contributed by atoms with Crippen LogP contribution in [0.15, 0.2) is 34.9 Å². The normalized spacial score (nSPS) is 48.2. The van der Waals surface area contributed by atoms with Gasteiger partial charge in [0.25, 0.3) is 0 Å². The summed E-state index contributed by atoms with van der Waals surface area (Å²) < 4.78 is 0. The molecule has 0 bridgehead atoms. The number of allylic oxidation sites excluding steroid dienone is 5. The predicted octanol–water partition coefficient (Wildman–Crippen LogP) is 6.11. The van der Waals surface area contributed by atoms with Crippen molar-refractivity contribution >= 4 is 11.8 Å². The van der Waals surface area contributed by atoms with Gasteiger partial charge in [-0.1, -0.05) is 52.3 Å². The van der Waals surface area contributed by atoms with E-state index in [2.05, 4.69) is 46.8 Å². The largest absolute Gasteiger partial charge is 0.478 e. The molecule has 4 aliphatic carbocycles. The van der Waals surface area contributed by atoms with Gasteiger partial charge in [-0.2, -0.15) is 0 Å². The summed E-state index contributed by atoms with van der Waals surface area (Å²) in [6.45, 7) is 13.7. The quantitative estimate of drug-likeness (QED) is 0.544. The summed E-state index contributed by atoms with van der Waals surface area (Å²) in [5, 5.41) is 9.52. The summed E-state index contributed by atoms with van der Waals surface area (Å²) in [4.78, 5) is 24.2. The van der Waals surface area contributed by atoms with Crippen molar-refractivity contribution in [3.05, 3.63) is 34.9 Å². The number of carbonyl (C=O) groups excluding carboxylic acids is 1. The summed E-state index contributed by atoms with van der Waals surface area (Å²) in [5.41, 5.74) is 3.52. The Labute approximate surface area is 175 Å². The highest BCUT2D eigenvalue weighted by atomic mass is 16.4. The number of carboxylic acids is 1. The van der Waals surface area contributed by atoms with Crippen molar-refractivity contribution in [3.63, 3.8) is 0 Å². The fourth-order valence-electron chi connectivity index (χ4n) is 7.89. The number of fused-ring (bicyclic) bond motifs is 5. The molecule has 3 nitrogen and oxygen atoms in total. The van der Waals surface area contributed by atoms with Crippen molar-refractivity contribution in [1.82, 2.24) is 0 Å². The van der Waals surface area contributed by atoms with Crippen LogP contribution >= 0.6 is 0 Å². The molecular formula is C26H36O3. The Morgan fingerprint density at radius 1 is 1.10 bits per heavy atom. The monoisotopic (exact) mass is 396 g/mol. The summed E-state index contributed by atoms with van der Waals surface area (Å²) >= 11 is 0. The zero-order chi connectivity index (χ0) is 21.4. The Morgan fingerprint density at radius 3 is 2.45 bits per heavy atom. The second-order valence-electron chi connectivity index (χ2n) is 11.4. The van der Waals surface area contributed by atoms with Crippen molar-refractivity contribution in [1.29, 1.82) is 0 Å². The molecule has 6 atom stereocenters. The van der Waals surface area contributed by atoms with Gasteiger partial charge < -0.3 is 5.11 Å². The molecule has 1 N–H and O–H groups in total. The van der Waals surface area contributed by atoms with Crippen LogP contribution < -0.4 is 0 Å². The number of Topliss-reactive ketones (excluding diaryl/α,β-unsaturated/α-hetero) is 1. The molecule has 158 valence electrons. The van der Waals surface area contributed by atoms with Crippen molar-refractivity contribution in [2.75, 3.05) is 0 Å². The van der Waals surface area contributed by atoms with Crippen LogP contribution in [-0.4, -0.2) is 16.9 Å². The highest BCUT2D eigenvalue weighted by Crippen LogP contribution is 2.74. The standard InChI is InChI=1S/C26H36O3/c1-16-7-8-20-24(4,18(16)14-22(28)29)10-12-26(6)21-13-17(2)19(27)15-23(21,3)9-11-25(20,26)5/h7-8,14,17,21H,9-13,15H2,1-6H3,(H,28,29). The maximum Gasteiger partial charge on any atom is 0.328 e. The van der Waals surface area contributed by atoms with Crippen molar-refractivity contribution in [2.24, 2.45) is 33.5 Å². The lowest BCUT2D eigenvalue weighted by Crippen LogP contribution is -2.61. The lowest BCUT2D eigenvalue weighted by molar-refractivity contribution is -0.161. The van der Waals surface area contributed by atoms with Gasteiger partial charge in [-0.15, -0.1) is 0 Å². The Hall–Kier alpha value is -1.64. The summed E-state index contributed by atoms with van der Waals surface area (Å²) in [7, 11) is 0. The predicted molar refractivity (Wildman–Crippen MR) is 115 cm³/mol. The van der Waals surface area contributed by atoms with E-state index in [9.17, 15) is 14.7 Å². The molecule has 3 fully saturated rings. The molecule has 0 aromatic heterocycles. The molecule has 0 radical (unpaired) electrons. The summed E-state index contributed by atoms with van der Waals surface area (Å²) in [6.07, 6.45) is 11.8. The Morgan fingerprint density at radius 2 is 1.79 bits per heavy atom. The zero-order valence-corrected chi connectivity index (χ0v) is 18.9. The second-order valence-corrected chi connectivity index (χ2v) is 11.4. The molecule has 0 aliphatic heterocycles. The third-order valence-electron chi connectivity index (χ3n) is 9.90. The highest BCUT2D eigenvalue weighted by Gasteiger charge is 2.66. The molecule has 4 aliphatic rings. The van der Waals surface area contributed by atoms with Crippen LogP contribution in [0, 0.1) is 33.5 Å². The Kier molecular flexibility index (Phi) is 4.40. The van der Waals surface area contributed by atoms with Gasteiger partial charge >= 0.3 is 5.97 Å². The molecule has 3 heteroatoms. The minimum Gasteiger partial charge on any atom is -0.478 e. The topological polar surface area (TPSA) is 54.4 Å². The Bertz CT molecular complexity index is 876. The fraction of sp³-hybridized carbons (Fsp3) is 0.692. The minimum atomic E-state index is -0.857. The number of hydrogen-bond acceptors (Lipinski definition) is 2. The lowest BCUT2D eigenvalue weighted by Gasteiger charge is -2.69. The van der Waals surface area contributed by atoms with Crippen LogP contribution in [0.3, 0.4) is 0 Å². The Balaban J connectivity index is 1.84. The molecule has 6 unspecified atom stereocenters. The number of carbonyl (C=O) groups is 2. The van der Waals surface area contributed by atoms with E-state index in [0.29, 0.717) is 11.7 Å². The zero-order valence-electron chi connectivity index (χ0n) is 18.9. The van der Waals surface area contributed by atoms with Gasteiger partial charge in [-0.05, 0) is 72.3 Å². The van der Waals surface area contributed by atoms with Gasteiger partial charge in [-0.25, -0.2) is 4.79 Å². The van der Waals surface area contributed by atoms with Gasteiger partial charge in [0.05, 0.1) is 0 Å². The molecule has 0 saturated heterocycles. The van der Waals surface area contributed by atoms with Crippen molar-refractivity contribution in [3.8, 4) is 0 Å². The third-order valence-corrected chi connectivity index (χ3v) is 9.90. The smallest absolute Gasteiger partial charge is 0.328 e. The van der Waals surface area contributed by atoms with Crippen LogP contribution in [0.4, 0.5) is 0 Å². The molecule has 4 rings (SSSR count). The number of hydrogen-bond donors (Lipinski definition) is 1. The molecule has 0 amide bonds. The van der Waals surface area contributed by atoms with Gasteiger partial charge in [0.15, 0.2) is 0 Å². The van der Waals surface area contributed by atoms with Gasteiger partial charge in [0.1, 0.15) is 5.78 Å². The first kappa shape index (κ1) is 20.6. The molecule has 29 heavy (non-hydrogen) atoms. The van der Waals surface area contributed by atoms with E-state index in [1.165, 1.54) is 11.6 Å². The summed E-state index contributed by atoms with van der Waals surface area (Å²) in [5.74, 6) is 0.277. The van der Waals surface area contributed by atoms with Crippen LogP contribution in [0.2, 0.25) is 0 Å². The number of carboxylic acid groups (broad SMARTS) is 1. The first-order chi connectivity index (χ1) is 13.4. The molecule has 0 aromatic rings. The molecule has 0 aromatic carbocycles. The van der Waals surface area contributed by atoms with E-state index < -0.39 is 5.97 Å². The highest BCUT2D eigenvalue weighted by molar-refractivity contribution is 5.83. The maximum absolute atomic E-state index is 12.6. The van der Waals surface area contributed by atoms with E-state index in [0.717, 1.165) is 49.7 Å². The number of ketones is 1. The van der Waals surface area contributed by atoms with Gasteiger partial charge in [-0.3, -0.25) is 4.79 Å². The van der Waals surface area contributed by atoms with Crippen molar-refractivity contribution in [2.45, 2.75) is 80.1 Å². The van der Waals surface area contributed by atoms with Crippen molar-refractivity contribution < 1.29 is 14.7 Å². The second kappa shape index (κ2) is 6.18. The first-order valence-electron chi connectivity index (χ1n) is 11.3. The molecule has 0 heterocycles. The van der Waals surface area contributed by atoms with E-state index in [-0.39, 0.29) is 27.6 Å². The van der Waals surface area contributed by atoms with Crippen LogP contribution in [0.1, 0.15) is 80.1 Å². The van der Waals surface area contributed by atoms with Gasteiger partial charge in [0, 0.05) is 23.8 Å². The van der Waals surface area contributed by atoms with E-state index in [4.69, 9.17) is 0 Å². The van der Waals surface area contributed by atoms with Crippen LogP contribution in [0.5, 0.6) is 0 Å². The molecule has 3 saturated carbocycles. The lowest BCUT2D eigenvalue weighted by atomic mass is 9.35. The van der Waals surface area contributed by atoms with E-state index in [1.54, 1.807) is 0 Å². The van der Waals surface area contributed by atoms with Crippen LogP contribution in [0.25, 0.3) is 0 Å². The molecule has 0 spiro atoms. The SMILES string of the molecule is CC1=CC=C2C(C)(CCC3(C)C4CC(C)C(=O)CC4(C)CCC23C)C1=CC(=O)O. The average molecular weight is 397 g/mol. The first-order valence-corrected chi connectivity index (χ1v) is 11.3. The maximum atomic E-state index is 12.6. The van der Waals surface area contributed by atoms with Crippen LogP contribution in [-0.2, 0) is 9.59 Å². The van der Waals surface area contributed by atoms with E-state index >= 15 is 0 Å². The fourth-order valence-corrected chi connectivity index (χ4v) is 7.89.